The molecule has 0 saturated carbocycles. The lowest BCUT2D eigenvalue weighted by atomic mass is 9.93. The average molecular weight is 624 g/mol. The molecule has 0 N–H and O–H groups in total. The predicted molar refractivity (Wildman–Crippen MR) is 195 cm³/mol. The summed E-state index contributed by atoms with van der Waals surface area (Å²) in [6, 6.07) is 51.1. The molecule has 0 saturated heterocycles. The average Bonchev–Trinajstić information content (AvgIpc) is 3.81. The largest absolute Gasteiger partial charge is 0.208 e. The maximum absolute atomic E-state index is 5.07. The molecule has 0 fully saturated rings. The highest BCUT2D eigenvalue weighted by atomic mass is 32.1. The molecule has 0 spiro atoms. The number of aromatic nitrogens is 3. The van der Waals surface area contributed by atoms with Crippen LogP contribution < -0.4 is 0 Å². The van der Waals surface area contributed by atoms with Crippen molar-refractivity contribution in [1.29, 1.82) is 0 Å². The van der Waals surface area contributed by atoms with Crippen molar-refractivity contribution in [3.05, 3.63) is 151 Å². The molecule has 0 bridgehead atoms. The summed E-state index contributed by atoms with van der Waals surface area (Å²) in [5.41, 5.74) is 6.82. The Labute approximate surface area is 274 Å². The summed E-state index contributed by atoms with van der Waals surface area (Å²) in [5.74, 6) is 2.02. The van der Waals surface area contributed by atoms with Gasteiger partial charge in [0.2, 0.25) is 0 Å². The molecule has 0 aliphatic rings. The van der Waals surface area contributed by atoms with Crippen molar-refractivity contribution in [2.24, 2.45) is 0 Å². The molecule has 216 valence electrons. The highest BCUT2D eigenvalue weighted by Crippen LogP contribution is 2.47. The molecule has 3 nitrogen and oxygen atoms in total. The monoisotopic (exact) mass is 623 g/mol. The van der Waals surface area contributed by atoms with Crippen LogP contribution in [0.5, 0.6) is 0 Å². The quantitative estimate of drug-likeness (QED) is 0.191. The van der Waals surface area contributed by atoms with Crippen LogP contribution >= 0.6 is 22.7 Å². The van der Waals surface area contributed by atoms with Crippen LogP contribution in [0.25, 0.3) is 86.7 Å². The van der Waals surface area contributed by atoms with E-state index in [1.54, 1.807) is 11.3 Å². The number of hydrogen-bond donors (Lipinski definition) is 0. The van der Waals surface area contributed by atoms with Gasteiger partial charge in [-0.3, -0.25) is 0 Å². The molecule has 0 aliphatic heterocycles. The van der Waals surface area contributed by atoms with Crippen molar-refractivity contribution >= 4 is 53.6 Å². The van der Waals surface area contributed by atoms with Crippen molar-refractivity contribution in [2.45, 2.75) is 0 Å². The number of rotatable bonds is 5. The molecule has 3 aromatic heterocycles. The standard InChI is InChI=1S/C41H25N3S2/c1-5-13-26(14-6-1)31-23-34-33(37-30(31)21-22-45-37)24-32(27-15-7-2-8-16-27)35-25-36(46-38(34)35)41-43-39(28-17-9-3-10-18-28)42-40(44-41)29-19-11-4-12-20-29/h1-25H. The molecule has 0 atom stereocenters. The highest BCUT2D eigenvalue weighted by molar-refractivity contribution is 7.23. The van der Waals surface area contributed by atoms with E-state index >= 15 is 0 Å². The normalized spacial score (nSPS) is 11.5. The molecule has 5 heteroatoms. The van der Waals surface area contributed by atoms with Gasteiger partial charge in [-0.2, -0.15) is 0 Å². The number of nitrogens with zero attached hydrogens (tertiary/aromatic N) is 3. The Bertz CT molecular complexity index is 2450. The smallest absolute Gasteiger partial charge is 0.174 e. The first-order valence-corrected chi connectivity index (χ1v) is 16.9. The summed E-state index contributed by atoms with van der Waals surface area (Å²) in [6.45, 7) is 0. The van der Waals surface area contributed by atoms with Crippen molar-refractivity contribution in [2.75, 3.05) is 0 Å². The van der Waals surface area contributed by atoms with Gasteiger partial charge in [0.1, 0.15) is 0 Å². The van der Waals surface area contributed by atoms with E-state index < -0.39 is 0 Å². The Hall–Kier alpha value is -5.49. The summed E-state index contributed by atoms with van der Waals surface area (Å²) >= 11 is 3.58. The molecular weight excluding hydrogens is 599 g/mol. The van der Waals surface area contributed by atoms with Crippen molar-refractivity contribution in [3.63, 3.8) is 0 Å². The summed E-state index contributed by atoms with van der Waals surface area (Å²) in [4.78, 5) is 16.1. The molecule has 0 amide bonds. The number of fused-ring (bicyclic) bond motifs is 5. The maximum atomic E-state index is 5.07. The number of thiophene rings is 2. The van der Waals surface area contributed by atoms with Gasteiger partial charge < -0.3 is 0 Å². The second-order valence-corrected chi connectivity index (χ2v) is 13.2. The third kappa shape index (κ3) is 4.60. The SMILES string of the molecule is c1ccc(-c2nc(-c3ccccc3)nc(-c3cc4c(-c5ccccc5)cc5c(cc(-c6ccccc6)c6ccsc65)c4s3)n2)cc1. The first-order valence-electron chi connectivity index (χ1n) is 15.2. The lowest BCUT2D eigenvalue weighted by molar-refractivity contribution is 1.08. The van der Waals surface area contributed by atoms with Crippen LogP contribution in [0.4, 0.5) is 0 Å². The number of benzene rings is 6. The molecule has 6 aromatic carbocycles. The minimum Gasteiger partial charge on any atom is -0.208 e. The van der Waals surface area contributed by atoms with Gasteiger partial charge in [-0.05, 0) is 51.9 Å². The fourth-order valence-corrected chi connectivity index (χ4v) is 8.32. The van der Waals surface area contributed by atoms with Crippen molar-refractivity contribution in [1.82, 2.24) is 15.0 Å². The van der Waals surface area contributed by atoms with E-state index in [0.29, 0.717) is 17.5 Å². The van der Waals surface area contributed by atoms with Gasteiger partial charge in [0, 0.05) is 42.1 Å². The van der Waals surface area contributed by atoms with E-state index in [1.807, 2.05) is 47.7 Å². The zero-order chi connectivity index (χ0) is 30.5. The van der Waals surface area contributed by atoms with Gasteiger partial charge in [0.15, 0.2) is 17.5 Å². The zero-order valence-electron chi connectivity index (χ0n) is 24.6. The van der Waals surface area contributed by atoms with Crippen molar-refractivity contribution in [3.8, 4) is 55.7 Å². The Morgan fingerprint density at radius 3 is 1.37 bits per heavy atom. The molecule has 0 unspecified atom stereocenters. The highest BCUT2D eigenvalue weighted by Gasteiger charge is 2.20. The Morgan fingerprint density at radius 2 is 0.826 bits per heavy atom. The topological polar surface area (TPSA) is 38.7 Å². The van der Waals surface area contributed by atoms with Crippen LogP contribution in [-0.2, 0) is 0 Å². The second-order valence-electron chi connectivity index (χ2n) is 11.2. The van der Waals surface area contributed by atoms with E-state index in [0.717, 1.165) is 16.0 Å². The summed E-state index contributed by atoms with van der Waals surface area (Å²) in [6.07, 6.45) is 0. The molecular formula is C41H25N3S2. The summed E-state index contributed by atoms with van der Waals surface area (Å²) in [7, 11) is 0. The van der Waals surface area contributed by atoms with E-state index in [9.17, 15) is 0 Å². The van der Waals surface area contributed by atoms with Gasteiger partial charge in [-0.25, -0.2) is 15.0 Å². The second kappa shape index (κ2) is 11.1. The minimum atomic E-state index is 0.668. The van der Waals surface area contributed by atoms with Crippen LogP contribution in [0.3, 0.4) is 0 Å². The maximum Gasteiger partial charge on any atom is 0.174 e. The van der Waals surface area contributed by atoms with Crippen LogP contribution in [0, 0.1) is 0 Å². The van der Waals surface area contributed by atoms with Crippen LogP contribution in [0.15, 0.2) is 151 Å². The third-order valence-corrected chi connectivity index (χ3v) is 10.5. The lowest BCUT2D eigenvalue weighted by Crippen LogP contribution is -1.99. The summed E-state index contributed by atoms with van der Waals surface area (Å²) in [5, 5.41) is 7.23. The molecule has 9 aromatic rings. The fraction of sp³-hybridized carbons (Fsp3) is 0. The fourth-order valence-electron chi connectivity index (χ4n) is 6.24. The zero-order valence-corrected chi connectivity index (χ0v) is 26.2. The van der Waals surface area contributed by atoms with E-state index in [1.165, 1.54) is 53.2 Å². The number of hydrogen-bond acceptors (Lipinski definition) is 5. The Balaban J connectivity index is 1.35. The van der Waals surface area contributed by atoms with Crippen LogP contribution in [0.1, 0.15) is 0 Å². The van der Waals surface area contributed by atoms with Crippen LogP contribution in [-0.4, -0.2) is 15.0 Å². The third-order valence-electron chi connectivity index (χ3n) is 8.42. The molecule has 0 aliphatic carbocycles. The molecule has 46 heavy (non-hydrogen) atoms. The first-order chi connectivity index (χ1) is 22.8. The molecule has 9 rings (SSSR count). The van der Waals surface area contributed by atoms with Crippen molar-refractivity contribution < 1.29 is 0 Å². The van der Waals surface area contributed by atoms with Crippen LogP contribution in [0.2, 0.25) is 0 Å². The van der Waals surface area contributed by atoms with Gasteiger partial charge in [-0.1, -0.05) is 121 Å². The first kappa shape index (κ1) is 26.9. The summed E-state index contributed by atoms with van der Waals surface area (Å²) < 4.78 is 2.55. The predicted octanol–water partition coefficient (Wildman–Crippen LogP) is 11.8. The van der Waals surface area contributed by atoms with E-state index in [4.69, 9.17) is 15.0 Å². The molecule has 0 radical (unpaired) electrons. The van der Waals surface area contributed by atoms with E-state index in [2.05, 4.69) is 115 Å². The van der Waals surface area contributed by atoms with Gasteiger partial charge in [0.05, 0.1) is 4.88 Å². The van der Waals surface area contributed by atoms with Gasteiger partial charge >= 0.3 is 0 Å². The van der Waals surface area contributed by atoms with Gasteiger partial charge in [0.25, 0.3) is 0 Å². The van der Waals surface area contributed by atoms with Gasteiger partial charge in [-0.15, -0.1) is 22.7 Å². The minimum absolute atomic E-state index is 0.668. The molecule has 3 heterocycles. The lowest BCUT2D eigenvalue weighted by Gasteiger charge is -2.12. The Morgan fingerprint density at radius 1 is 0.370 bits per heavy atom. The van der Waals surface area contributed by atoms with E-state index in [-0.39, 0.29) is 0 Å². The Kier molecular flexibility index (Phi) is 6.51.